The van der Waals surface area contributed by atoms with Crippen molar-refractivity contribution in [3.63, 3.8) is 0 Å². The molecule has 0 saturated carbocycles. The first-order valence-corrected chi connectivity index (χ1v) is 3.03. The molecule has 0 amide bonds. The monoisotopic (exact) mass is 158 g/mol. The first-order valence-electron chi connectivity index (χ1n) is 2.63. The fraction of sp³-hybridized carbons (Fsp3) is 0.200. The van der Waals surface area contributed by atoms with Gasteiger partial charge in [-0.1, -0.05) is 12.8 Å². The number of hydrogen-bond acceptors (Lipinski definition) is 3. The average Bonchev–Trinajstić information content (AvgIpc) is 1.93. The molecule has 0 aliphatic carbocycles. The SMILES string of the molecule is Cc1c[nH]c(=O)n(S)c1=O. The standard InChI is InChI=1S/C5H6N2O2S/c1-3-2-6-5(9)7(10)4(3)8/h2,10H,1H3,(H,6,9). The first-order chi connectivity index (χ1) is 4.63. The van der Waals surface area contributed by atoms with Crippen molar-refractivity contribution in [3.05, 3.63) is 32.6 Å². The summed E-state index contributed by atoms with van der Waals surface area (Å²) in [6.07, 6.45) is 1.36. The third kappa shape index (κ3) is 0.995. The maximum atomic E-state index is 10.9. The fourth-order valence-electron chi connectivity index (χ4n) is 0.552. The lowest BCUT2D eigenvalue weighted by Crippen LogP contribution is -2.30. The highest BCUT2D eigenvalue weighted by Gasteiger charge is 1.97. The zero-order chi connectivity index (χ0) is 7.72. The van der Waals surface area contributed by atoms with E-state index in [1.165, 1.54) is 6.20 Å². The molecule has 10 heavy (non-hydrogen) atoms. The molecule has 4 nitrogen and oxygen atoms in total. The second-order valence-electron chi connectivity index (χ2n) is 1.89. The minimum atomic E-state index is -0.515. The molecule has 0 spiro atoms. The molecule has 1 aromatic heterocycles. The van der Waals surface area contributed by atoms with Gasteiger partial charge < -0.3 is 4.98 Å². The fourth-order valence-corrected chi connectivity index (χ4v) is 0.768. The highest BCUT2D eigenvalue weighted by Crippen LogP contribution is 1.79. The summed E-state index contributed by atoms with van der Waals surface area (Å²) in [7, 11) is 0. The van der Waals surface area contributed by atoms with Crippen molar-refractivity contribution >= 4 is 12.8 Å². The van der Waals surface area contributed by atoms with Crippen LogP contribution in [0.2, 0.25) is 0 Å². The Morgan fingerprint density at radius 2 is 2.20 bits per heavy atom. The topological polar surface area (TPSA) is 54.9 Å². The van der Waals surface area contributed by atoms with Crippen LogP contribution in [0.1, 0.15) is 5.56 Å². The van der Waals surface area contributed by atoms with Gasteiger partial charge in [0.05, 0.1) is 0 Å². The molecule has 1 rings (SSSR count). The number of aromatic nitrogens is 2. The molecule has 0 aliphatic rings. The average molecular weight is 158 g/mol. The molecule has 0 unspecified atom stereocenters. The van der Waals surface area contributed by atoms with E-state index in [-0.39, 0.29) is 5.56 Å². The number of aromatic amines is 1. The van der Waals surface area contributed by atoms with E-state index in [0.29, 0.717) is 5.56 Å². The van der Waals surface area contributed by atoms with Crippen molar-refractivity contribution in [2.75, 3.05) is 0 Å². The summed E-state index contributed by atoms with van der Waals surface area (Å²) in [5.41, 5.74) is -0.430. The Hall–Kier alpha value is -0.970. The Labute approximate surface area is 62.1 Å². The van der Waals surface area contributed by atoms with Gasteiger partial charge in [-0.2, -0.15) is 0 Å². The summed E-state index contributed by atoms with van der Waals surface area (Å²) in [4.78, 5) is 23.8. The van der Waals surface area contributed by atoms with Crippen LogP contribution in [0.4, 0.5) is 0 Å². The number of H-pyrrole nitrogens is 1. The molecular weight excluding hydrogens is 152 g/mol. The summed E-state index contributed by atoms with van der Waals surface area (Å²) in [5, 5.41) is 0. The highest BCUT2D eigenvalue weighted by atomic mass is 32.1. The molecule has 0 radical (unpaired) electrons. The predicted octanol–water partition coefficient (Wildman–Crippen LogP) is -0.462. The van der Waals surface area contributed by atoms with Crippen LogP contribution in [0, 0.1) is 6.92 Å². The molecule has 0 saturated heterocycles. The molecule has 0 fully saturated rings. The van der Waals surface area contributed by atoms with Crippen LogP contribution >= 0.6 is 12.8 Å². The molecular formula is C5H6N2O2S. The maximum absolute atomic E-state index is 10.9. The summed E-state index contributed by atoms with van der Waals surface area (Å²) in [5.74, 6) is 0. The Kier molecular flexibility index (Phi) is 1.67. The van der Waals surface area contributed by atoms with E-state index in [9.17, 15) is 9.59 Å². The predicted molar refractivity (Wildman–Crippen MR) is 40.4 cm³/mol. The van der Waals surface area contributed by atoms with E-state index in [1.807, 2.05) is 0 Å². The van der Waals surface area contributed by atoms with Crippen molar-refractivity contribution < 1.29 is 0 Å². The van der Waals surface area contributed by atoms with Crippen molar-refractivity contribution in [1.29, 1.82) is 0 Å². The van der Waals surface area contributed by atoms with E-state index < -0.39 is 5.69 Å². The van der Waals surface area contributed by atoms with Gasteiger partial charge in [0.15, 0.2) is 0 Å². The van der Waals surface area contributed by atoms with Crippen LogP contribution in [0.25, 0.3) is 0 Å². The van der Waals surface area contributed by atoms with Crippen LogP contribution in [-0.2, 0) is 0 Å². The second-order valence-corrected chi connectivity index (χ2v) is 2.29. The molecule has 54 valence electrons. The van der Waals surface area contributed by atoms with Crippen molar-refractivity contribution in [2.45, 2.75) is 6.92 Å². The smallest absolute Gasteiger partial charge is 0.313 e. The van der Waals surface area contributed by atoms with Gasteiger partial charge in [0.2, 0.25) is 0 Å². The van der Waals surface area contributed by atoms with E-state index in [4.69, 9.17) is 0 Å². The van der Waals surface area contributed by atoms with Crippen LogP contribution in [0.15, 0.2) is 15.8 Å². The Bertz CT molecular complexity index is 351. The number of nitrogens with zero attached hydrogens (tertiary/aromatic N) is 1. The van der Waals surface area contributed by atoms with E-state index in [2.05, 4.69) is 17.8 Å². The van der Waals surface area contributed by atoms with Gasteiger partial charge in [0.1, 0.15) is 0 Å². The lowest BCUT2D eigenvalue weighted by Gasteiger charge is -1.93. The molecule has 0 bridgehead atoms. The Balaban J connectivity index is 3.66. The minimum absolute atomic E-state index is 0.382. The quantitative estimate of drug-likeness (QED) is 0.502. The van der Waals surface area contributed by atoms with E-state index >= 15 is 0 Å². The van der Waals surface area contributed by atoms with Gasteiger partial charge in [0, 0.05) is 11.8 Å². The highest BCUT2D eigenvalue weighted by molar-refractivity contribution is 7.78. The number of hydrogen-bond donors (Lipinski definition) is 2. The molecule has 1 N–H and O–H groups in total. The zero-order valence-electron chi connectivity index (χ0n) is 5.29. The molecule has 0 aromatic carbocycles. The van der Waals surface area contributed by atoms with Crippen molar-refractivity contribution in [3.8, 4) is 0 Å². The van der Waals surface area contributed by atoms with E-state index in [1.54, 1.807) is 6.92 Å². The minimum Gasteiger partial charge on any atom is -0.313 e. The molecule has 0 aliphatic heterocycles. The number of aryl methyl sites for hydroxylation is 1. The number of rotatable bonds is 0. The van der Waals surface area contributed by atoms with Gasteiger partial charge in [-0.3, -0.25) is 4.79 Å². The van der Waals surface area contributed by atoms with E-state index in [0.717, 1.165) is 3.97 Å². The maximum Gasteiger partial charge on any atom is 0.338 e. The van der Waals surface area contributed by atoms with Crippen molar-refractivity contribution in [2.24, 2.45) is 0 Å². The van der Waals surface area contributed by atoms with Crippen LogP contribution in [0.5, 0.6) is 0 Å². The van der Waals surface area contributed by atoms with Crippen LogP contribution < -0.4 is 11.2 Å². The van der Waals surface area contributed by atoms with Crippen molar-refractivity contribution in [1.82, 2.24) is 8.96 Å². The number of nitrogens with one attached hydrogen (secondary N) is 1. The summed E-state index contributed by atoms with van der Waals surface area (Å²) in [6, 6.07) is 0. The third-order valence-electron chi connectivity index (χ3n) is 1.13. The van der Waals surface area contributed by atoms with Gasteiger partial charge in [0.25, 0.3) is 5.56 Å². The third-order valence-corrected chi connectivity index (χ3v) is 1.50. The van der Waals surface area contributed by atoms with Crippen LogP contribution in [-0.4, -0.2) is 8.96 Å². The molecule has 5 heteroatoms. The molecule has 1 heterocycles. The second kappa shape index (κ2) is 2.34. The number of thiol groups is 1. The van der Waals surface area contributed by atoms with Gasteiger partial charge in [-0.15, -0.1) is 0 Å². The lowest BCUT2D eigenvalue weighted by atomic mass is 10.4. The lowest BCUT2D eigenvalue weighted by molar-refractivity contribution is 0.961. The molecule has 0 atom stereocenters. The normalized spacial score (nSPS) is 9.80. The Morgan fingerprint density at radius 1 is 1.60 bits per heavy atom. The summed E-state index contributed by atoms with van der Waals surface area (Å²) in [6.45, 7) is 1.60. The zero-order valence-corrected chi connectivity index (χ0v) is 6.18. The summed E-state index contributed by atoms with van der Waals surface area (Å²) < 4.78 is 0.731. The summed E-state index contributed by atoms with van der Waals surface area (Å²) >= 11 is 3.64. The first kappa shape index (κ1) is 7.14. The Morgan fingerprint density at radius 3 is 2.70 bits per heavy atom. The van der Waals surface area contributed by atoms with Crippen LogP contribution in [0.3, 0.4) is 0 Å². The van der Waals surface area contributed by atoms with Gasteiger partial charge in [-0.25, -0.2) is 8.77 Å². The largest absolute Gasteiger partial charge is 0.338 e. The van der Waals surface area contributed by atoms with Gasteiger partial charge >= 0.3 is 5.69 Å². The van der Waals surface area contributed by atoms with Gasteiger partial charge in [-0.05, 0) is 6.92 Å². The molecule has 1 aromatic rings.